The molecule has 0 unspecified atom stereocenters. The Morgan fingerprint density at radius 1 is 0.962 bits per heavy atom. The van der Waals surface area contributed by atoms with E-state index in [-0.39, 0.29) is 17.9 Å². The molecule has 26 heavy (non-hydrogen) atoms. The molecular formula is C18H17N3O4S. The van der Waals surface area contributed by atoms with Crippen LogP contribution in [-0.4, -0.2) is 31.0 Å². The molecule has 0 aliphatic carbocycles. The second-order valence-corrected chi connectivity index (χ2v) is 7.31. The largest absolute Gasteiger partial charge is 0.492 e. The van der Waals surface area contributed by atoms with E-state index in [1.807, 2.05) is 18.2 Å². The third-order valence-corrected chi connectivity index (χ3v) is 4.75. The van der Waals surface area contributed by atoms with E-state index in [9.17, 15) is 13.2 Å². The Morgan fingerprint density at radius 3 is 2.35 bits per heavy atom. The Hall–Kier alpha value is -3.13. The summed E-state index contributed by atoms with van der Waals surface area (Å²) < 4.78 is 32.2. The van der Waals surface area contributed by atoms with Crippen molar-refractivity contribution in [3.8, 4) is 17.0 Å². The van der Waals surface area contributed by atoms with Crippen LogP contribution >= 0.6 is 0 Å². The van der Waals surface area contributed by atoms with E-state index in [2.05, 4.69) is 14.9 Å². The van der Waals surface area contributed by atoms with Gasteiger partial charge in [-0.05, 0) is 30.3 Å². The monoisotopic (exact) mass is 371 g/mol. The number of H-pyrrole nitrogens is 1. The predicted octanol–water partition coefficient (Wildman–Crippen LogP) is 2.26. The number of aromatic nitrogens is 2. The molecule has 0 spiro atoms. The van der Waals surface area contributed by atoms with Crippen molar-refractivity contribution < 1.29 is 13.2 Å². The van der Waals surface area contributed by atoms with Gasteiger partial charge >= 0.3 is 0 Å². The predicted molar refractivity (Wildman–Crippen MR) is 99.6 cm³/mol. The first-order chi connectivity index (χ1) is 12.5. The van der Waals surface area contributed by atoms with Crippen LogP contribution in [0, 0.1) is 0 Å². The van der Waals surface area contributed by atoms with E-state index in [1.165, 1.54) is 6.07 Å². The minimum absolute atomic E-state index is 0.0543. The maximum absolute atomic E-state index is 12.1. The van der Waals surface area contributed by atoms with Crippen LogP contribution in [0.5, 0.6) is 5.75 Å². The van der Waals surface area contributed by atoms with E-state index in [0.29, 0.717) is 17.1 Å². The first-order valence-corrected chi connectivity index (χ1v) is 9.52. The third-order valence-electron chi connectivity index (χ3n) is 3.50. The maximum atomic E-state index is 12.1. The Bertz CT molecular complexity index is 996. The van der Waals surface area contributed by atoms with Crippen LogP contribution < -0.4 is 15.0 Å². The molecular weight excluding hydrogens is 354 g/mol. The molecule has 3 aromatic rings. The van der Waals surface area contributed by atoms with E-state index in [4.69, 9.17) is 4.74 Å². The van der Waals surface area contributed by atoms with Crippen molar-refractivity contribution in [2.45, 2.75) is 0 Å². The Balaban J connectivity index is 1.58. The smallest absolute Gasteiger partial charge is 0.264 e. The second-order valence-electron chi connectivity index (χ2n) is 5.47. The number of nitrogens with one attached hydrogen (secondary N) is 2. The molecule has 7 nitrogen and oxygen atoms in total. The number of hydrogen-bond acceptors (Lipinski definition) is 5. The van der Waals surface area contributed by atoms with Crippen molar-refractivity contribution in [2.75, 3.05) is 17.1 Å². The highest BCUT2D eigenvalue weighted by molar-refractivity contribution is 7.92. The highest BCUT2D eigenvalue weighted by Gasteiger charge is 2.11. The lowest BCUT2D eigenvalue weighted by Crippen LogP contribution is -2.21. The quantitative estimate of drug-likeness (QED) is 0.663. The summed E-state index contributed by atoms with van der Waals surface area (Å²) in [5.74, 6) is 0.464. The van der Waals surface area contributed by atoms with E-state index in [0.717, 1.165) is 5.56 Å². The lowest BCUT2D eigenvalue weighted by atomic mass is 10.1. The van der Waals surface area contributed by atoms with Crippen molar-refractivity contribution in [1.29, 1.82) is 0 Å². The van der Waals surface area contributed by atoms with Gasteiger partial charge < -0.3 is 4.74 Å². The van der Waals surface area contributed by atoms with Crippen molar-refractivity contribution in [2.24, 2.45) is 0 Å². The summed E-state index contributed by atoms with van der Waals surface area (Å²) in [5.41, 5.74) is 1.51. The molecule has 0 saturated carbocycles. The van der Waals surface area contributed by atoms with Crippen LogP contribution in [0.2, 0.25) is 0 Å². The average molecular weight is 371 g/mol. The minimum Gasteiger partial charge on any atom is -0.492 e. The van der Waals surface area contributed by atoms with Gasteiger partial charge in [-0.2, -0.15) is 5.10 Å². The van der Waals surface area contributed by atoms with Gasteiger partial charge in [0, 0.05) is 17.3 Å². The number of ether oxygens (including phenoxy) is 1. The molecule has 0 fully saturated rings. The first kappa shape index (κ1) is 17.7. The summed E-state index contributed by atoms with van der Waals surface area (Å²) in [5, 5.41) is 6.29. The van der Waals surface area contributed by atoms with Crippen LogP contribution in [0.1, 0.15) is 0 Å². The number of rotatable bonds is 7. The van der Waals surface area contributed by atoms with Crippen LogP contribution in [0.4, 0.5) is 5.69 Å². The van der Waals surface area contributed by atoms with Gasteiger partial charge in [0.05, 0.1) is 5.69 Å². The van der Waals surface area contributed by atoms with Crippen LogP contribution in [-0.2, 0) is 10.0 Å². The lowest BCUT2D eigenvalue weighted by Gasteiger charge is -2.10. The molecule has 0 aliphatic rings. The molecule has 0 atom stereocenters. The fraction of sp³-hybridized carbons (Fsp3) is 0.111. The highest BCUT2D eigenvalue weighted by Crippen LogP contribution is 2.19. The van der Waals surface area contributed by atoms with Gasteiger partial charge in [-0.1, -0.05) is 30.3 Å². The van der Waals surface area contributed by atoms with Gasteiger partial charge in [-0.3, -0.25) is 9.52 Å². The fourth-order valence-electron chi connectivity index (χ4n) is 2.23. The molecule has 0 bridgehead atoms. The number of aromatic amines is 1. The van der Waals surface area contributed by atoms with Gasteiger partial charge in [0.1, 0.15) is 18.1 Å². The van der Waals surface area contributed by atoms with Crippen LogP contribution in [0.25, 0.3) is 11.3 Å². The van der Waals surface area contributed by atoms with Gasteiger partial charge in [0.25, 0.3) is 5.56 Å². The fourth-order valence-corrected chi connectivity index (χ4v) is 3.13. The van der Waals surface area contributed by atoms with Crippen molar-refractivity contribution in [3.05, 3.63) is 77.1 Å². The van der Waals surface area contributed by atoms with E-state index in [1.54, 1.807) is 42.5 Å². The molecule has 1 aromatic heterocycles. The van der Waals surface area contributed by atoms with E-state index >= 15 is 0 Å². The molecule has 2 aromatic carbocycles. The summed E-state index contributed by atoms with van der Waals surface area (Å²) in [6, 6.07) is 18.7. The van der Waals surface area contributed by atoms with Gasteiger partial charge in [0.2, 0.25) is 10.0 Å². The standard InChI is InChI=1S/C18H17N3O4S/c22-18-11-10-17(19-20-18)14-6-8-15(9-7-14)21-26(23,24)13-12-25-16-4-2-1-3-5-16/h1-11,21H,12-13H2,(H,20,22). The van der Waals surface area contributed by atoms with Gasteiger partial charge in [0.15, 0.2) is 0 Å². The topological polar surface area (TPSA) is 101 Å². The zero-order chi connectivity index (χ0) is 18.4. The summed E-state index contributed by atoms with van der Waals surface area (Å²) >= 11 is 0. The maximum Gasteiger partial charge on any atom is 0.264 e. The molecule has 134 valence electrons. The number of sulfonamides is 1. The molecule has 0 saturated heterocycles. The van der Waals surface area contributed by atoms with Gasteiger partial charge in [-0.15, -0.1) is 0 Å². The molecule has 1 heterocycles. The Kier molecular flexibility index (Phi) is 5.33. The van der Waals surface area contributed by atoms with Crippen LogP contribution in [0.15, 0.2) is 71.5 Å². The zero-order valence-electron chi connectivity index (χ0n) is 13.8. The van der Waals surface area contributed by atoms with E-state index < -0.39 is 10.0 Å². The SMILES string of the molecule is O=c1ccc(-c2ccc(NS(=O)(=O)CCOc3ccccc3)cc2)n[nH]1. The Labute approximate surface area is 150 Å². The van der Waals surface area contributed by atoms with Crippen molar-refractivity contribution >= 4 is 15.7 Å². The van der Waals surface area contributed by atoms with Gasteiger partial charge in [-0.25, -0.2) is 13.5 Å². The molecule has 8 heteroatoms. The molecule has 2 N–H and O–H groups in total. The van der Waals surface area contributed by atoms with Crippen molar-refractivity contribution in [3.63, 3.8) is 0 Å². The summed E-state index contributed by atoms with van der Waals surface area (Å²) in [6.07, 6.45) is 0. The number of hydrogen-bond donors (Lipinski definition) is 2. The molecule has 0 aliphatic heterocycles. The number of nitrogens with zero attached hydrogens (tertiary/aromatic N) is 1. The second kappa shape index (κ2) is 7.83. The molecule has 0 amide bonds. The first-order valence-electron chi connectivity index (χ1n) is 7.86. The normalized spacial score (nSPS) is 11.1. The molecule has 3 rings (SSSR count). The third kappa shape index (κ3) is 4.93. The number of benzene rings is 2. The van der Waals surface area contributed by atoms with Crippen LogP contribution in [0.3, 0.4) is 0 Å². The highest BCUT2D eigenvalue weighted by atomic mass is 32.2. The zero-order valence-corrected chi connectivity index (χ0v) is 14.6. The summed E-state index contributed by atoms with van der Waals surface area (Å²) in [6.45, 7) is 0.0543. The minimum atomic E-state index is -3.53. The average Bonchev–Trinajstić information content (AvgIpc) is 2.63. The summed E-state index contributed by atoms with van der Waals surface area (Å²) in [4.78, 5) is 11.0. The Morgan fingerprint density at radius 2 is 1.69 bits per heavy atom. The number of anilines is 1. The summed E-state index contributed by atoms with van der Waals surface area (Å²) in [7, 11) is -3.53. The lowest BCUT2D eigenvalue weighted by molar-refractivity contribution is 0.341. The molecule has 0 radical (unpaired) electrons. The number of para-hydroxylation sites is 1. The van der Waals surface area contributed by atoms with Crippen molar-refractivity contribution in [1.82, 2.24) is 10.2 Å².